The van der Waals surface area contributed by atoms with Crippen LogP contribution in [0.25, 0.3) is 11.2 Å². The third-order valence-corrected chi connectivity index (χ3v) is 4.86. The minimum absolute atomic E-state index is 0.0160. The second kappa shape index (κ2) is 11.5. The van der Waals surface area contributed by atoms with Gasteiger partial charge in [-0.1, -0.05) is 27.2 Å². The maximum absolute atomic E-state index is 12.6. The highest BCUT2D eigenvalue weighted by Gasteiger charge is 2.27. The number of carbonyl (C=O) groups excluding carboxylic acids is 1. The molecule has 0 aromatic carbocycles. The average Bonchev–Trinajstić information content (AvgIpc) is 3.03. The predicted molar refractivity (Wildman–Crippen MR) is 117 cm³/mol. The summed E-state index contributed by atoms with van der Waals surface area (Å²) in [5, 5.41) is 2.60. The number of hydrogen-bond acceptors (Lipinski definition) is 5. The highest BCUT2D eigenvalue weighted by molar-refractivity contribution is 5.77. The number of imidazole rings is 1. The number of amides is 1. The number of aryl methyl sites for hydroxylation is 2. The van der Waals surface area contributed by atoms with Gasteiger partial charge in [0.05, 0.1) is 6.61 Å². The number of aromatic amines is 1. The lowest BCUT2D eigenvalue weighted by Crippen LogP contribution is -2.37. The summed E-state index contributed by atoms with van der Waals surface area (Å²) in [6.07, 6.45) is -2.61. The molecule has 2 aromatic rings. The van der Waals surface area contributed by atoms with Crippen molar-refractivity contribution < 1.29 is 22.7 Å². The minimum atomic E-state index is -4.42. The van der Waals surface area contributed by atoms with E-state index in [1.165, 1.54) is 4.57 Å². The van der Waals surface area contributed by atoms with E-state index in [-0.39, 0.29) is 31.3 Å². The number of alkyl halides is 3. The van der Waals surface area contributed by atoms with Crippen molar-refractivity contribution in [1.82, 2.24) is 24.4 Å². The Balaban J connectivity index is 2.20. The number of rotatable bonds is 12. The van der Waals surface area contributed by atoms with Crippen LogP contribution in [-0.4, -0.2) is 50.4 Å². The molecule has 0 aliphatic carbocycles. The first kappa shape index (κ1) is 26.6. The van der Waals surface area contributed by atoms with Gasteiger partial charge in [0.1, 0.15) is 12.4 Å². The molecule has 0 aliphatic heterocycles. The summed E-state index contributed by atoms with van der Waals surface area (Å²) in [6.45, 7) is 6.75. The maximum atomic E-state index is 12.6. The fourth-order valence-corrected chi connectivity index (χ4v) is 3.46. The van der Waals surface area contributed by atoms with Gasteiger partial charge >= 0.3 is 11.9 Å². The summed E-state index contributed by atoms with van der Waals surface area (Å²) < 4.78 is 44.3. The molecule has 1 atom stereocenters. The van der Waals surface area contributed by atoms with Crippen LogP contribution < -0.4 is 16.6 Å². The summed E-state index contributed by atoms with van der Waals surface area (Å²) in [5.74, 6) is 0.297. The number of ether oxygens (including phenoxy) is 1. The second-order valence-corrected chi connectivity index (χ2v) is 8.57. The molecule has 33 heavy (non-hydrogen) atoms. The number of unbranched alkanes of at least 4 members (excludes halogenated alkanes) is 1. The normalized spacial score (nSPS) is 13.1. The Kier molecular flexibility index (Phi) is 9.26. The fourth-order valence-electron chi connectivity index (χ4n) is 3.46. The van der Waals surface area contributed by atoms with Gasteiger partial charge in [-0.3, -0.25) is 19.1 Å². The van der Waals surface area contributed by atoms with Gasteiger partial charge in [0.2, 0.25) is 5.91 Å². The lowest BCUT2D eigenvalue weighted by atomic mass is 10.2. The zero-order valence-corrected chi connectivity index (χ0v) is 19.4. The highest BCUT2D eigenvalue weighted by Crippen LogP contribution is 2.16. The van der Waals surface area contributed by atoms with Gasteiger partial charge in [-0.15, -0.1) is 0 Å². The highest BCUT2D eigenvalue weighted by atomic mass is 19.4. The molecule has 0 fully saturated rings. The maximum Gasteiger partial charge on any atom is 0.411 e. The van der Waals surface area contributed by atoms with Crippen molar-refractivity contribution in [3.63, 3.8) is 0 Å². The Labute approximate surface area is 189 Å². The molecule has 9 nitrogen and oxygen atoms in total. The monoisotopic (exact) mass is 475 g/mol. The van der Waals surface area contributed by atoms with Crippen molar-refractivity contribution in [3.05, 3.63) is 26.7 Å². The smallest absolute Gasteiger partial charge is 0.370 e. The summed E-state index contributed by atoms with van der Waals surface area (Å²) in [6, 6.07) is -0.601. The Hall–Kier alpha value is -2.63. The van der Waals surface area contributed by atoms with Crippen LogP contribution in [-0.2, 0) is 29.0 Å². The standard InChI is InChI=1S/C21H32F3N5O4/c1-5-6-9-28-18-17(19(31)27-20(28)32)29(10-13(2)3)15(26-18)7-8-16(30)25-14(4)11-33-12-21(22,23)24/h13-14H,5-12H2,1-4H3,(H,25,30)(H,27,31,32). The Morgan fingerprint density at radius 2 is 1.91 bits per heavy atom. The molecule has 12 heteroatoms. The summed E-state index contributed by atoms with van der Waals surface area (Å²) in [5.41, 5.74) is -0.458. The van der Waals surface area contributed by atoms with Gasteiger partial charge in [-0.25, -0.2) is 9.78 Å². The molecule has 1 amide bonds. The van der Waals surface area contributed by atoms with Gasteiger partial charge in [0.25, 0.3) is 5.56 Å². The molecule has 186 valence electrons. The first-order chi connectivity index (χ1) is 15.4. The Bertz CT molecular complexity index is 1060. The number of aromatic nitrogens is 4. The molecule has 2 aromatic heterocycles. The van der Waals surface area contributed by atoms with Crippen molar-refractivity contribution in [3.8, 4) is 0 Å². The average molecular weight is 476 g/mol. The molecule has 0 bridgehead atoms. The van der Waals surface area contributed by atoms with E-state index in [9.17, 15) is 27.6 Å². The van der Waals surface area contributed by atoms with Crippen LogP contribution in [0.1, 0.15) is 52.8 Å². The first-order valence-electron chi connectivity index (χ1n) is 11.1. The minimum Gasteiger partial charge on any atom is -0.370 e. The van der Waals surface area contributed by atoms with Crippen LogP contribution in [0.3, 0.4) is 0 Å². The van der Waals surface area contributed by atoms with Crippen LogP contribution in [0.15, 0.2) is 9.59 Å². The van der Waals surface area contributed by atoms with Crippen molar-refractivity contribution in [2.75, 3.05) is 13.2 Å². The van der Waals surface area contributed by atoms with Gasteiger partial charge in [-0.2, -0.15) is 13.2 Å². The van der Waals surface area contributed by atoms with Crippen LogP contribution in [0.5, 0.6) is 0 Å². The number of fused-ring (bicyclic) bond motifs is 1. The molecule has 0 aliphatic rings. The largest absolute Gasteiger partial charge is 0.411 e. The number of halogens is 3. The van der Waals surface area contributed by atoms with Crippen LogP contribution >= 0.6 is 0 Å². The molecular weight excluding hydrogens is 443 g/mol. The van der Waals surface area contributed by atoms with Gasteiger partial charge in [0.15, 0.2) is 11.2 Å². The van der Waals surface area contributed by atoms with E-state index < -0.39 is 30.1 Å². The third-order valence-electron chi connectivity index (χ3n) is 4.86. The molecule has 0 spiro atoms. The van der Waals surface area contributed by atoms with E-state index in [1.807, 2.05) is 20.8 Å². The molecule has 2 rings (SSSR count). The lowest BCUT2D eigenvalue weighted by molar-refractivity contribution is -0.175. The quantitative estimate of drug-likeness (QED) is 0.490. The molecule has 0 saturated heterocycles. The van der Waals surface area contributed by atoms with E-state index in [2.05, 4.69) is 20.0 Å². The zero-order valence-electron chi connectivity index (χ0n) is 19.4. The lowest BCUT2D eigenvalue weighted by Gasteiger charge is -2.15. The Morgan fingerprint density at radius 1 is 1.21 bits per heavy atom. The Morgan fingerprint density at radius 3 is 2.52 bits per heavy atom. The molecule has 0 radical (unpaired) electrons. The predicted octanol–water partition coefficient (Wildman–Crippen LogP) is 2.36. The van der Waals surface area contributed by atoms with Crippen molar-refractivity contribution >= 4 is 17.1 Å². The molecule has 0 saturated carbocycles. The number of nitrogens with zero attached hydrogens (tertiary/aromatic N) is 3. The summed E-state index contributed by atoms with van der Waals surface area (Å²) in [4.78, 5) is 44.2. The van der Waals surface area contributed by atoms with Gasteiger partial charge < -0.3 is 14.6 Å². The van der Waals surface area contributed by atoms with Gasteiger partial charge in [0, 0.05) is 32.0 Å². The van der Waals surface area contributed by atoms with Crippen molar-refractivity contribution in [2.24, 2.45) is 5.92 Å². The van der Waals surface area contributed by atoms with Crippen LogP contribution in [0.4, 0.5) is 13.2 Å². The van der Waals surface area contributed by atoms with E-state index in [0.717, 1.165) is 12.8 Å². The summed E-state index contributed by atoms with van der Waals surface area (Å²) in [7, 11) is 0. The van der Waals surface area contributed by atoms with E-state index >= 15 is 0 Å². The molecular formula is C21H32F3N5O4. The number of carbonyl (C=O) groups is 1. The number of nitrogens with one attached hydrogen (secondary N) is 2. The van der Waals surface area contributed by atoms with E-state index in [4.69, 9.17) is 0 Å². The second-order valence-electron chi connectivity index (χ2n) is 8.57. The fraction of sp³-hybridized carbons (Fsp3) is 0.714. The zero-order chi connectivity index (χ0) is 24.8. The van der Waals surface area contributed by atoms with Crippen LogP contribution in [0.2, 0.25) is 0 Å². The molecule has 1 unspecified atom stereocenters. The van der Waals surface area contributed by atoms with Crippen molar-refractivity contribution in [1.29, 1.82) is 0 Å². The summed E-state index contributed by atoms with van der Waals surface area (Å²) >= 11 is 0. The van der Waals surface area contributed by atoms with Crippen molar-refractivity contribution in [2.45, 2.75) is 78.7 Å². The molecule has 2 heterocycles. The van der Waals surface area contributed by atoms with Gasteiger partial charge in [-0.05, 0) is 19.3 Å². The number of H-pyrrole nitrogens is 1. The number of hydrogen-bond donors (Lipinski definition) is 2. The first-order valence-corrected chi connectivity index (χ1v) is 11.1. The third kappa shape index (κ3) is 7.72. The SMILES string of the molecule is CCCCn1c(=O)[nH]c(=O)c2c1nc(CCC(=O)NC(C)COCC(F)(F)F)n2CC(C)C. The molecule has 2 N–H and O–H groups in total. The van der Waals surface area contributed by atoms with E-state index in [1.54, 1.807) is 11.5 Å². The van der Waals surface area contributed by atoms with Crippen LogP contribution in [0, 0.1) is 5.92 Å². The topological polar surface area (TPSA) is 111 Å². The van der Waals surface area contributed by atoms with E-state index in [0.29, 0.717) is 30.1 Å².